The molecule has 0 aliphatic carbocycles. The maximum atomic E-state index is 12.8. The molecule has 0 amide bonds. The first-order valence-electron chi connectivity index (χ1n) is 12.4. The number of phenolic OH excluding ortho intramolecular Hbond substituents is 1. The molecule has 1 saturated heterocycles. The predicted molar refractivity (Wildman–Crippen MR) is 143 cm³/mol. The van der Waals surface area contributed by atoms with E-state index >= 15 is 0 Å². The SMILES string of the molecule is CC(=O)OC[C@@H]1O[C@H](Oc2ccc(C(=O)Cc3ccc(Br)cc3)c(O)c2)[C@H](OC(C)=O)[C@@H](OC(C)=O)[C@@H]1OC(C)=O. The second-order valence-corrected chi connectivity index (χ2v) is 10.0. The predicted octanol–water partition coefficient (Wildman–Crippen LogP) is 3.04. The van der Waals surface area contributed by atoms with Crippen LogP contribution in [0.2, 0.25) is 0 Å². The lowest BCUT2D eigenvalue weighted by Crippen LogP contribution is -2.63. The summed E-state index contributed by atoms with van der Waals surface area (Å²) in [6.45, 7) is 4.05. The lowest BCUT2D eigenvalue weighted by Gasteiger charge is -2.43. The number of phenols is 1. The van der Waals surface area contributed by atoms with Gasteiger partial charge in [0.2, 0.25) is 12.4 Å². The molecule has 0 unspecified atom stereocenters. The zero-order chi connectivity index (χ0) is 30.3. The molecule has 12 nitrogen and oxygen atoms in total. The highest BCUT2D eigenvalue weighted by Gasteiger charge is 2.53. The molecule has 2 aromatic rings. The standard InChI is InChI=1S/C28H29BrO12/c1-14(30)36-13-24-25(37-15(2)31)26(38-16(3)32)27(39-17(4)33)28(41-24)40-20-9-10-21(23(35)12-20)22(34)11-18-5-7-19(29)8-6-18/h5-10,12,24-28,35H,11,13H2,1-4H3/t24-,25+,26-,27+,28-/m0/s1. The van der Waals surface area contributed by atoms with Crippen LogP contribution in [0.4, 0.5) is 0 Å². The van der Waals surface area contributed by atoms with E-state index in [-0.39, 0.29) is 29.3 Å². The van der Waals surface area contributed by atoms with Gasteiger partial charge in [-0.1, -0.05) is 28.1 Å². The van der Waals surface area contributed by atoms with Gasteiger partial charge >= 0.3 is 23.9 Å². The minimum Gasteiger partial charge on any atom is -0.507 e. The van der Waals surface area contributed by atoms with Crippen LogP contribution in [0.25, 0.3) is 0 Å². The number of hydrogen-bond acceptors (Lipinski definition) is 12. The third-order valence-electron chi connectivity index (χ3n) is 5.75. The largest absolute Gasteiger partial charge is 0.507 e. The van der Waals surface area contributed by atoms with Crippen molar-refractivity contribution < 1.29 is 57.5 Å². The van der Waals surface area contributed by atoms with Gasteiger partial charge in [0.05, 0.1) is 5.56 Å². The molecule has 220 valence electrons. The summed E-state index contributed by atoms with van der Waals surface area (Å²) < 4.78 is 33.7. The zero-order valence-electron chi connectivity index (χ0n) is 22.7. The Labute approximate surface area is 243 Å². The van der Waals surface area contributed by atoms with Gasteiger partial charge in [0.15, 0.2) is 18.0 Å². The molecule has 3 rings (SSSR count). The van der Waals surface area contributed by atoms with Gasteiger partial charge in [-0.3, -0.25) is 24.0 Å². The number of halogens is 1. The fraction of sp³-hybridized carbons (Fsp3) is 0.393. The molecule has 0 spiro atoms. The van der Waals surface area contributed by atoms with Crippen molar-refractivity contribution in [2.75, 3.05) is 6.61 Å². The zero-order valence-corrected chi connectivity index (χ0v) is 24.2. The second kappa shape index (κ2) is 14.1. The van der Waals surface area contributed by atoms with Gasteiger partial charge in [-0.15, -0.1) is 0 Å². The quantitative estimate of drug-likeness (QED) is 0.231. The van der Waals surface area contributed by atoms with E-state index in [2.05, 4.69) is 15.9 Å². The van der Waals surface area contributed by atoms with Gasteiger partial charge < -0.3 is 33.5 Å². The molecule has 1 N–H and O–H groups in total. The van der Waals surface area contributed by atoms with E-state index in [0.717, 1.165) is 37.7 Å². The fourth-order valence-electron chi connectivity index (χ4n) is 4.12. The van der Waals surface area contributed by atoms with Crippen molar-refractivity contribution in [3.8, 4) is 11.5 Å². The van der Waals surface area contributed by atoms with Gasteiger partial charge in [-0.05, 0) is 29.8 Å². The molecule has 0 radical (unpaired) electrons. The molecule has 0 saturated carbocycles. The van der Waals surface area contributed by atoms with E-state index in [4.69, 9.17) is 28.4 Å². The number of esters is 4. The maximum absolute atomic E-state index is 12.8. The summed E-state index contributed by atoms with van der Waals surface area (Å²) in [5, 5.41) is 10.6. The number of ketones is 1. The lowest BCUT2D eigenvalue weighted by molar-refractivity contribution is -0.288. The van der Waals surface area contributed by atoms with Gasteiger partial charge in [-0.25, -0.2) is 0 Å². The molecular formula is C28H29BrO12. The molecule has 41 heavy (non-hydrogen) atoms. The summed E-state index contributed by atoms with van der Waals surface area (Å²) in [5.41, 5.74) is 0.789. The molecule has 13 heteroatoms. The summed E-state index contributed by atoms with van der Waals surface area (Å²) in [5.74, 6) is -3.73. The minimum atomic E-state index is -1.49. The van der Waals surface area contributed by atoms with E-state index in [1.165, 1.54) is 18.2 Å². The molecule has 2 aromatic carbocycles. The number of carbonyl (C=O) groups is 5. The first kappa shape index (κ1) is 31.6. The molecule has 0 bridgehead atoms. The summed E-state index contributed by atoms with van der Waals surface area (Å²) in [6, 6.07) is 11.1. The molecule has 1 aliphatic rings. The summed E-state index contributed by atoms with van der Waals surface area (Å²) in [4.78, 5) is 60.1. The lowest BCUT2D eigenvalue weighted by atomic mass is 9.98. The van der Waals surface area contributed by atoms with Gasteiger partial charge in [-0.2, -0.15) is 0 Å². The highest BCUT2D eigenvalue weighted by molar-refractivity contribution is 9.10. The smallest absolute Gasteiger partial charge is 0.303 e. The monoisotopic (exact) mass is 636 g/mol. The third-order valence-corrected chi connectivity index (χ3v) is 6.28. The highest BCUT2D eigenvalue weighted by Crippen LogP contribution is 2.33. The van der Waals surface area contributed by atoms with Crippen molar-refractivity contribution in [2.24, 2.45) is 0 Å². The number of aromatic hydroxyl groups is 1. The van der Waals surface area contributed by atoms with Crippen molar-refractivity contribution in [1.82, 2.24) is 0 Å². The Kier molecular flexibility index (Phi) is 10.8. The Morgan fingerprint density at radius 3 is 1.95 bits per heavy atom. The average Bonchev–Trinajstić information content (AvgIpc) is 2.87. The summed E-state index contributed by atoms with van der Waals surface area (Å²) in [7, 11) is 0. The molecule has 5 atom stereocenters. The normalized spacial score (nSPS) is 21.7. The number of Topliss-reactive ketones (excluding diaryl/α,β-unsaturated/α-hetero) is 1. The Bertz CT molecular complexity index is 1290. The van der Waals surface area contributed by atoms with Crippen LogP contribution in [-0.4, -0.2) is 72.1 Å². The van der Waals surface area contributed by atoms with Crippen molar-refractivity contribution >= 4 is 45.6 Å². The summed E-state index contributed by atoms with van der Waals surface area (Å²) in [6.07, 6.45) is -6.86. The molecular weight excluding hydrogens is 608 g/mol. The van der Waals surface area contributed by atoms with Gasteiger partial charge in [0.25, 0.3) is 0 Å². The first-order chi connectivity index (χ1) is 19.3. The van der Waals surface area contributed by atoms with E-state index in [9.17, 15) is 29.1 Å². The van der Waals surface area contributed by atoms with E-state index in [1.54, 1.807) is 24.3 Å². The number of hydrogen-bond donors (Lipinski definition) is 1. The van der Waals surface area contributed by atoms with Crippen LogP contribution in [0.1, 0.15) is 43.6 Å². The molecule has 1 fully saturated rings. The maximum Gasteiger partial charge on any atom is 0.303 e. The van der Waals surface area contributed by atoms with Crippen molar-refractivity contribution in [3.05, 3.63) is 58.1 Å². The minimum absolute atomic E-state index is 0.00333. The van der Waals surface area contributed by atoms with Crippen molar-refractivity contribution in [2.45, 2.75) is 64.8 Å². The third kappa shape index (κ3) is 9.02. The van der Waals surface area contributed by atoms with Crippen LogP contribution in [0.3, 0.4) is 0 Å². The first-order valence-corrected chi connectivity index (χ1v) is 13.2. The van der Waals surface area contributed by atoms with Crippen molar-refractivity contribution in [3.63, 3.8) is 0 Å². The number of benzene rings is 2. The number of carbonyl (C=O) groups excluding carboxylic acids is 5. The average molecular weight is 637 g/mol. The Morgan fingerprint density at radius 1 is 0.805 bits per heavy atom. The van der Waals surface area contributed by atoms with Crippen LogP contribution >= 0.6 is 15.9 Å². The van der Waals surface area contributed by atoms with Crippen LogP contribution < -0.4 is 4.74 Å². The molecule has 0 aromatic heterocycles. The van der Waals surface area contributed by atoms with Crippen LogP contribution in [0, 0.1) is 0 Å². The number of rotatable bonds is 10. The van der Waals surface area contributed by atoms with E-state index < -0.39 is 61.2 Å². The highest BCUT2D eigenvalue weighted by atomic mass is 79.9. The van der Waals surface area contributed by atoms with Crippen LogP contribution in [0.15, 0.2) is 46.9 Å². The summed E-state index contributed by atoms with van der Waals surface area (Å²) >= 11 is 3.34. The Balaban J connectivity index is 1.90. The van der Waals surface area contributed by atoms with Crippen LogP contribution in [0.5, 0.6) is 11.5 Å². The number of ether oxygens (including phenoxy) is 6. The van der Waals surface area contributed by atoms with E-state index in [1.807, 2.05) is 0 Å². The second-order valence-electron chi connectivity index (χ2n) is 9.09. The Morgan fingerprint density at radius 2 is 1.39 bits per heavy atom. The molecule has 1 aliphatic heterocycles. The van der Waals surface area contributed by atoms with Gasteiger partial charge in [0, 0.05) is 44.7 Å². The van der Waals surface area contributed by atoms with Crippen molar-refractivity contribution in [1.29, 1.82) is 0 Å². The van der Waals surface area contributed by atoms with E-state index in [0.29, 0.717) is 0 Å². The molecule has 1 heterocycles. The van der Waals surface area contributed by atoms with Gasteiger partial charge in [0.1, 0.15) is 24.2 Å². The Hall–Kier alpha value is -3.97. The van der Waals surface area contributed by atoms with Crippen LogP contribution in [-0.2, 0) is 49.3 Å². The fourth-order valence-corrected chi connectivity index (χ4v) is 4.39. The topological polar surface area (TPSA) is 161 Å².